The van der Waals surface area contributed by atoms with Crippen molar-refractivity contribution in [2.45, 2.75) is 65.5 Å². The Kier molecular flexibility index (Phi) is 9.84. The summed E-state index contributed by atoms with van der Waals surface area (Å²) in [6.45, 7) is 6.59. The van der Waals surface area contributed by atoms with Crippen molar-refractivity contribution in [1.82, 2.24) is 9.13 Å². The number of hydrogen-bond acceptors (Lipinski definition) is 0. The van der Waals surface area contributed by atoms with Crippen molar-refractivity contribution in [2.24, 2.45) is 11.8 Å². The molecule has 6 aromatic rings. The monoisotopic (exact) mass is 708 g/mol. The molecule has 2 unspecified atom stereocenters. The van der Waals surface area contributed by atoms with E-state index in [0.29, 0.717) is 11.8 Å². The van der Waals surface area contributed by atoms with E-state index in [2.05, 4.69) is 140 Å². The third-order valence-corrected chi connectivity index (χ3v) is 11.2. The second-order valence-electron chi connectivity index (χ2n) is 12.4. The number of hydrogen-bond donors (Lipinski definition) is 0. The van der Waals surface area contributed by atoms with Crippen LogP contribution in [-0.2, 0) is 13.1 Å². The summed E-state index contributed by atoms with van der Waals surface area (Å²) < 4.78 is 5.07. The number of halogens is 2. The number of nitrogens with zero attached hydrogens (tertiary/aromatic N) is 2. The Bertz CT molecular complexity index is 1950. The van der Waals surface area contributed by atoms with Crippen molar-refractivity contribution >= 4 is 75.5 Å². The molecule has 0 saturated carbocycles. The molecule has 0 aliphatic carbocycles. The highest BCUT2D eigenvalue weighted by atomic mass is 79.9. The predicted octanol–water partition coefficient (Wildman–Crippen LogP) is 12.0. The SMILES string of the molecule is C#Cc1ccc2c(c1)c1cc(-c3ccc4c(c3)c3ccccc3n4CC(CBr)CCCC)ccc1n2CC(CBr)CCCC. The molecule has 6 rings (SSSR count). The Morgan fingerprint density at radius 2 is 1.09 bits per heavy atom. The lowest BCUT2D eigenvalue weighted by atomic mass is 10.00. The first-order chi connectivity index (χ1) is 21.6. The molecule has 2 atom stereocenters. The summed E-state index contributed by atoms with van der Waals surface area (Å²) in [5, 5.41) is 7.22. The molecule has 0 saturated heterocycles. The van der Waals surface area contributed by atoms with Gasteiger partial charge in [0.25, 0.3) is 0 Å². The zero-order valence-electron chi connectivity index (χ0n) is 26.0. The summed E-state index contributed by atoms with van der Waals surface area (Å²) in [6, 6.07) is 29.5. The van der Waals surface area contributed by atoms with E-state index in [-0.39, 0.29) is 0 Å². The molecule has 0 amide bonds. The summed E-state index contributed by atoms with van der Waals surface area (Å²) in [6.07, 6.45) is 13.3. The zero-order valence-corrected chi connectivity index (χ0v) is 29.1. The van der Waals surface area contributed by atoms with E-state index < -0.39 is 0 Å². The number of aromatic nitrogens is 2. The van der Waals surface area contributed by atoms with Gasteiger partial charge < -0.3 is 9.13 Å². The fourth-order valence-electron chi connectivity index (χ4n) is 6.94. The van der Waals surface area contributed by atoms with E-state index >= 15 is 0 Å². The fourth-order valence-corrected chi connectivity index (χ4v) is 7.99. The molecule has 0 spiro atoms. The van der Waals surface area contributed by atoms with Gasteiger partial charge in [0.05, 0.1) is 0 Å². The molecule has 0 N–H and O–H groups in total. The predicted molar refractivity (Wildman–Crippen MR) is 199 cm³/mol. The lowest BCUT2D eigenvalue weighted by Crippen LogP contribution is -2.12. The molecule has 44 heavy (non-hydrogen) atoms. The van der Waals surface area contributed by atoms with Gasteiger partial charge >= 0.3 is 0 Å². The molecule has 2 heterocycles. The number of unbranched alkanes of at least 4 members (excludes halogenated alkanes) is 2. The third-order valence-electron chi connectivity index (χ3n) is 9.39. The van der Waals surface area contributed by atoms with E-state index in [4.69, 9.17) is 6.42 Å². The maximum Gasteiger partial charge on any atom is 0.0492 e. The molecule has 2 aromatic heterocycles. The Morgan fingerprint density at radius 1 is 0.614 bits per heavy atom. The number of rotatable bonds is 13. The van der Waals surface area contributed by atoms with Crippen LogP contribution < -0.4 is 0 Å². The first-order valence-electron chi connectivity index (χ1n) is 16.3. The van der Waals surface area contributed by atoms with Gasteiger partial charge in [-0.1, -0.05) is 108 Å². The van der Waals surface area contributed by atoms with Gasteiger partial charge in [-0.15, -0.1) is 6.42 Å². The highest BCUT2D eigenvalue weighted by molar-refractivity contribution is 9.09. The van der Waals surface area contributed by atoms with Gasteiger partial charge in [0, 0.05) is 72.9 Å². The first kappa shape index (κ1) is 31.0. The van der Waals surface area contributed by atoms with Gasteiger partial charge in [0.2, 0.25) is 0 Å². The summed E-state index contributed by atoms with van der Waals surface area (Å²) in [5.41, 5.74) is 8.62. The van der Waals surface area contributed by atoms with E-state index in [1.165, 1.54) is 93.3 Å². The second kappa shape index (κ2) is 14.0. The van der Waals surface area contributed by atoms with Crippen molar-refractivity contribution in [3.63, 3.8) is 0 Å². The van der Waals surface area contributed by atoms with Crippen LogP contribution in [0.5, 0.6) is 0 Å². The van der Waals surface area contributed by atoms with Crippen LogP contribution in [0.1, 0.15) is 57.9 Å². The highest BCUT2D eigenvalue weighted by Gasteiger charge is 2.18. The largest absolute Gasteiger partial charge is 0.340 e. The summed E-state index contributed by atoms with van der Waals surface area (Å²) >= 11 is 7.62. The lowest BCUT2D eigenvalue weighted by Gasteiger charge is -2.17. The maximum atomic E-state index is 5.87. The Morgan fingerprint density at radius 3 is 1.61 bits per heavy atom. The number of terminal acetylenes is 1. The standard InChI is InChI=1S/C40H42Br2N2/c1-4-7-11-29(24-41)26-43-37-14-10-9-13-33(37)35-22-31(16-19-39(35)43)32-17-20-40-36(23-32)34-21-28(6-3)15-18-38(34)44(40)27-30(25-42)12-8-5-2/h3,9-10,13-23,29-30H,4-5,7-8,11-12,24-27H2,1-2H3. The van der Waals surface area contributed by atoms with Crippen LogP contribution in [0.4, 0.5) is 0 Å². The Balaban J connectivity index is 1.46. The number of para-hydroxylation sites is 1. The smallest absolute Gasteiger partial charge is 0.0492 e. The van der Waals surface area contributed by atoms with E-state index in [0.717, 1.165) is 29.3 Å². The number of alkyl halides is 2. The van der Waals surface area contributed by atoms with Crippen molar-refractivity contribution in [1.29, 1.82) is 0 Å². The fraction of sp³-hybridized carbons (Fsp3) is 0.350. The second-order valence-corrected chi connectivity index (χ2v) is 13.7. The average Bonchev–Trinajstić information content (AvgIpc) is 3.55. The molecule has 2 nitrogen and oxygen atoms in total. The van der Waals surface area contributed by atoms with Crippen LogP contribution in [-0.4, -0.2) is 19.8 Å². The minimum Gasteiger partial charge on any atom is -0.340 e. The van der Waals surface area contributed by atoms with Crippen LogP contribution >= 0.6 is 31.9 Å². The van der Waals surface area contributed by atoms with Crippen molar-refractivity contribution in [3.05, 3.63) is 84.4 Å². The van der Waals surface area contributed by atoms with Crippen molar-refractivity contribution in [3.8, 4) is 23.5 Å². The molecule has 0 aliphatic rings. The molecular weight excluding hydrogens is 668 g/mol. The normalized spacial score (nSPS) is 13.2. The van der Waals surface area contributed by atoms with Crippen molar-refractivity contribution < 1.29 is 0 Å². The van der Waals surface area contributed by atoms with Gasteiger partial charge in [-0.25, -0.2) is 0 Å². The Hall–Kier alpha value is -3.00. The van der Waals surface area contributed by atoms with Crippen LogP contribution in [0.15, 0.2) is 78.9 Å². The van der Waals surface area contributed by atoms with Crippen LogP contribution in [0.3, 0.4) is 0 Å². The minimum absolute atomic E-state index is 0.589. The molecule has 0 aliphatic heterocycles. The van der Waals surface area contributed by atoms with E-state index in [1.54, 1.807) is 0 Å². The molecule has 0 fully saturated rings. The quantitative estimate of drug-likeness (QED) is 0.0834. The highest BCUT2D eigenvalue weighted by Crippen LogP contribution is 2.37. The zero-order chi connectivity index (χ0) is 30.6. The molecule has 0 radical (unpaired) electrons. The van der Waals surface area contributed by atoms with Gasteiger partial charge in [-0.3, -0.25) is 0 Å². The molecular formula is C40H42Br2N2. The molecule has 0 bridgehead atoms. The van der Waals surface area contributed by atoms with Gasteiger partial charge in [0.15, 0.2) is 0 Å². The molecule has 226 valence electrons. The Labute approximate surface area is 279 Å². The summed E-state index contributed by atoms with van der Waals surface area (Å²) in [5.74, 6) is 4.07. The average molecular weight is 711 g/mol. The van der Waals surface area contributed by atoms with Gasteiger partial charge in [-0.05, 0) is 84.3 Å². The third kappa shape index (κ3) is 5.99. The summed E-state index contributed by atoms with van der Waals surface area (Å²) in [4.78, 5) is 0. The first-order valence-corrected chi connectivity index (χ1v) is 18.5. The van der Waals surface area contributed by atoms with Gasteiger partial charge in [-0.2, -0.15) is 0 Å². The van der Waals surface area contributed by atoms with E-state index in [9.17, 15) is 0 Å². The topological polar surface area (TPSA) is 9.86 Å². The van der Waals surface area contributed by atoms with Crippen LogP contribution in [0, 0.1) is 24.2 Å². The van der Waals surface area contributed by atoms with Crippen LogP contribution in [0.25, 0.3) is 54.7 Å². The van der Waals surface area contributed by atoms with Crippen LogP contribution in [0.2, 0.25) is 0 Å². The summed E-state index contributed by atoms with van der Waals surface area (Å²) in [7, 11) is 0. The van der Waals surface area contributed by atoms with Gasteiger partial charge in [0.1, 0.15) is 0 Å². The number of benzene rings is 4. The lowest BCUT2D eigenvalue weighted by molar-refractivity contribution is 0.457. The molecule has 4 aromatic carbocycles. The molecule has 4 heteroatoms. The van der Waals surface area contributed by atoms with E-state index in [1.807, 2.05) is 0 Å². The minimum atomic E-state index is 0.589. The maximum absolute atomic E-state index is 5.87. The number of fused-ring (bicyclic) bond motifs is 6. The van der Waals surface area contributed by atoms with Crippen molar-refractivity contribution in [2.75, 3.05) is 10.7 Å².